The minimum Gasteiger partial charge on any atom is -0.330 e. The van der Waals surface area contributed by atoms with Gasteiger partial charge in [0.1, 0.15) is 0 Å². The highest BCUT2D eigenvalue weighted by molar-refractivity contribution is 7.64. The molecule has 1 nitrogen and oxygen atoms in total. The van der Waals surface area contributed by atoms with Gasteiger partial charge in [-0.2, -0.15) is 0 Å². The summed E-state index contributed by atoms with van der Waals surface area (Å²) >= 11 is 18.8. The summed E-state index contributed by atoms with van der Waals surface area (Å²) in [5.74, 6) is 0. The molecule has 4 aromatic rings. The number of hydrogen-bond acceptors (Lipinski definition) is 1. The molecule has 0 heterocycles. The van der Waals surface area contributed by atoms with Crippen LogP contribution in [0.3, 0.4) is 0 Å². The van der Waals surface area contributed by atoms with E-state index < -0.39 is 22.5 Å². The first-order chi connectivity index (χ1) is 21.3. The third kappa shape index (κ3) is 7.75. The molecule has 0 fully saturated rings. The van der Waals surface area contributed by atoms with Gasteiger partial charge in [-0.25, -0.2) is 0 Å². The van der Waals surface area contributed by atoms with Crippen molar-refractivity contribution in [3.8, 4) is 0 Å². The van der Waals surface area contributed by atoms with Gasteiger partial charge in [0.2, 0.25) is 0 Å². The second-order valence-electron chi connectivity index (χ2n) is 14.3. The zero-order chi connectivity index (χ0) is 32.8. The minimum atomic E-state index is -2.75. The number of nitrogens with zero attached hydrogens (tertiary/aromatic N) is 1. The summed E-state index contributed by atoms with van der Waals surface area (Å²) in [5, 5.41) is 5.81. The molecule has 0 spiro atoms. The second kappa shape index (κ2) is 15.1. The second-order valence-corrected chi connectivity index (χ2v) is 33.3. The van der Waals surface area contributed by atoms with E-state index in [0.717, 1.165) is 38.3 Å². The van der Waals surface area contributed by atoms with E-state index in [1.165, 1.54) is 20.7 Å². The lowest BCUT2D eigenvalue weighted by Gasteiger charge is -2.62. The van der Waals surface area contributed by atoms with E-state index in [1.54, 1.807) is 0 Å². The average Bonchev–Trinajstić information content (AvgIpc) is 2.99. The fraction of sp³-hybridized carbons (Fsp3) is 0.368. The first-order valence-electron chi connectivity index (χ1n) is 16.3. The van der Waals surface area contributed by atoms with Crippen LogP contribution in [0.1, 0.15) is 67.2 Å². The summed E-state index contributed by atoms with van der Waals surface area (Å²) in [6.07, 6.45) is 4.26. The van der Waals surface area contributed by atoms with Gasteiger partial charge in [-0.3, -0.25) is 0 Å². The monoisotopic (exact) mass is 709 g/mol. The van der Waals surface area contributed by atoms with Crippen molar-refractivity contribution in [2.24, 2.45) is 0 Å². The van der Waals surface area contributed by atoms with Crippen LogP contribution < -0.4 is 20.7 Å². The van der Waals surface area contributed by atoms with Gasteiger partial charge >= 0.3 is 6.00 Å². The summed E-state index contributed by atoms with van der Waals surface area (Å²) in [5.41, 5.74) is 0. The van der Waals surface area contributed by atoms with Crippen molar-refractivity contribution in [1.82, 2.24) is 4.23 Å². The van der Waals surface area contributed by atoms with Crippen LogP contribution in [0.5, 0.6) is 0 Å². The van der Waals surface area contributed by atoms with Gasteiger partial charge in [0.25, 0.3) is 0 Å². The van der Waals surface area contributed by atoms with Crippen LogP contribution in [0.4, 0.5) is 0 Å². The van der Waals surface area contributed by atoms with E-state index in [9.17, 15) is 0 Å². The standard InChI is InChI=1S/C38H50Cl3NSi3/c1-37(2,3)44(33-23-13-9-14-24-33,34-25-15-10-16-26-34)42(31-21-7-8-22-32-43(39,40)41)45(38(4,5)6,35-27-17-11-18-28-35)36-29-19-12-20-30-36/h9-20,23-30H,7-8,21-22,31-32H2,1-6H3. The summed E-state index contributed by atoms with van der Waals surface area (Å²) in [6.45, 7) is 16.0. The molecule has 7 heteroatoms. The molecule has 0 aliphatic heterocycles. The van der Waals surface area contributed by atoms with Crippen LogP contribution in [0, 0.1) is 0 Å². The van der Waals surface area contributed by atoms with Gasteiger partial charge in [0, 0.05) is 0 Å². The lowest BCUT2D eigenvalue weighted by molar-refractivity contribution is 0.502. The molecule has 0 aromatic heterocycles. The maximum absolute atomic E-state index is 6.26. The van der Waals surface area contributed by atoms with Gasteiger partial charge in [-0.1, -0.05) is 182 Å². The molecule has 0 N–H and O–H groups in total. The summed E-state index contributed by atoms with van der Waals surface area (Å²) < 4.78 is 3.17. The van der Waals surface area contributed by atoms with Crippen LogP contribution in [-0.4, -0.2) is 33.2 Å². The zero-order valence-corrected chi connectivity index (χ0v) is 33.1. The third-order valence-corrected chi connectivity index (χ3v) is 25.1. The van der Waals surface area contributed by atoms with Crippen molar-refractivity contribution in [2.45, 2.75) is 83.3 Å². The van der Waals surface area contributed by atoms with Crippen molar-refractivity contribution in [2.75, 3.05) is 6.54 Å². The predicted molar refractivity (Wildman–Crippen MR) is 209 cm³/mol. The summed E-state index contributed by atoms with van der Waals surface area (Å²) in [6, 6.07) is 44.1. The average molecular weight is 711 g/mol. The Morgan fingerprint density at radius 3 is 1.00 bits per heavy atom. The molecule has 4 rings (SSSR count). The van der Waals surface area contributed by atoms with E-state index in [4.69, 9.17) is 33.2 Å². The highest BCUT2D eigenvalue weighted by Gasteiger charge is 2.63. The lowest BCUT2D eigenvalue weighted by atomic mass is 10.2. The molecule has 0 bridgehead atoms. The van der Waals surface area contributed by atoms with Crippen LogP contribution in [-0.2, 0) is 0 Å². The molecule has 0 aliphatic carbocycles. The van der Waals surface area contributed by atoms with Crippen LogP contribution >= 0.6 is 33.2 Å². The Labute approximate surface area is 290 Å². The maximum Gasteiger partial charge on any atom is 0.341 e. The van der Waals surface area contributed by atoms with Crippen molar-refractivity contribution in [3.05, 3.63) is 121 Å². The summed E-state index contributed by atoms with van der Waals surface area (Å²) in [4.78, 5) is 0. The highest BCUT2D eigenvalue weighted by Crippen LogP contribution is 2.47. The minimum absolute atomic E-state index is 0.0379. The van der Waals surface area contributed by atoms with Crippen LogP contribution in [0.25, 0.3) is 0 Å². The number of rotatable bonds is 13. The number of hydrogen-bond donors (Lipinski definition) is 0. The first-order valence-corrected chi connectivity index (χ1v) is 25.5. The fourth-order valence-corrected chi connectivity index (χ4v) is 25.9. The Balaban J connectivity index is 2.09. The molecule has 0 aliphatic rings. The van der Waals surface area contributed by atoms with Crippen molar-refractivity contribution < 1.29 is 0 Å². The molecule has 4 aromatic carbocycles. The lowest BCUT2D eigenvalue weighted by Crippen LogP contribution is -2.88. The molecule has 0 unspecified atom stereocenters. The van der Waals surface area contributed by atoms with Gasteiger partial charge in [0.15, 0.2) is 16.5 Å². The molecule has 45 heavy (non-hydrogen) atoms. The van der Waals surface area contributed by atoms with E-state index in [0.29, 0.717) is 0 Å². The molecule has 0 radical (unpaired) electrons. The van der Waals surface area contributed by atoms with Gasteiger partial charge in [-0.05, 0) is 49.8 Å². The zero-order valence-electron chi connectivity index (χ0n) is 27.9. The van der Waals surface area contributed by atoms with Gasteiger partial charge in [-0.15, -0.1) is 33.2 Å². The van der Waals surface area contributed by atoms with E-state index in [1.807, 2.05) is 0 Å². The molecular weight excluding hydrogens is 661 g/mol. The molecule has 0 saturated heterocycles. The smallest absolute Gasteiger partial charge is 0.330 e. The van der Waals surface area contributed by atoms with Gasteiger partial charge < -0.3 is 4.23 Å². The third-order valence-electron chi connectivity index (χ3n) is 9.34. The van der Waals surface area contributed by atoms with E-state index in [-0.39, 0.29) is 10.1 Å². The van der Waals surface area contributed by atoms with Gasteiger partial charge in [0.05, 0.1) is 0 Å². The summed E-state index contributed by atoms with van der Waals surface area (Å²) in [7, 11) is -5.50. The SMILES string of the molecule is CC(C)(C)[Si](c1ccccc1)(c1ccccc1)N(CCCCCC[Si](Cl)(Cl)Cl)[Si](c1ccccc1)(c1ccccc1)C(C)(C)C. The molecule has 0 atom stereocenters. The largest absolute Gasteiger partial charge is 0.341 e. The first kappa shape index (κ1) is 36.2. The Bertz CT molecular complexity index is 1270. The Kier molecular flexibility index (Phi) is 12.1. The number of benzene rings is 4. The number of unbranched alkanes of at least 4 members (excludes halogenated alkanes) is 3. The number of halogens is 3. The molecule has 240 valence electrons. The molecular formula is C38H50Cl3NSi3. The molecule has 0 saturated carbocycles. The fourth-order valence-electron chi connectivity index (χ4n) is 7.75. The topological polar surface area (TPSA) is 3.24 Å². The van der Waals surface area contributed by atoms with Crippen molar-refractivity contribution in [3.63, 3.8) is 0 Å². The highest BCUT2D eigenvalue weighted by atomic mass is 35.8. The van der Waals surface area contributed by atoms with E-state index in [2.05, 4.69) is 167 Å². The predicted octanol–water partition coefficient (Wildman–Crippen LogP) is 9.62. The Morgan fingerprint density at radius 1 is 0.444 bits per heavy atom. The van der Waals surface area contributed by atoms with Crippen LogP contribution in [0.2, 0.25) is 16.1 Å². The maximum atomic E-state index is 6.26. The van der Waals surface area contributed by atoms with Crippen molar-refractivity contribution in [1.29, 1.82) is 0 Å². The van der Waals surface area contributed by atoms with Crippen molar-refractivity contribution >= 4 is 76.5 Å². The van der Waals surface area contributed by atoms with E-state index >= 15 is 0 Å². The van der Waals surface area contributed by atoms with Crippen LogP contribution in [0.15, 0.2) is 121 Å². The Hall–Kier alpha value is -1.64. The Morgan fingerprint density at radius 2 is 0.733 bits per heavy atom. The quantitative estimate of drug-likeness (QED) is 0.0759. The normalized spacial score (nSPS) is 13.3. The molecule has 0 amide bonds.